The number of alkyl halides is 3. The fourth-order valence-corrected chi connectivity index (χ4v) is 6.55. The Hall–Kier alpha value is -3.90. The number of amides is 2. The summed E-state index contributed by atoms with van der Waals surface area (Å²) in [5.74, 6) is -1.16. The van der Waals surface area contributed by atoms with Gasteiger partial charge >= 0.3 is 6.18 Å². The van der Waals surface area contributed by atoms with Crippen molar-refractivity contribution >= 4 is 39.0 Å². The molecule has 1 aromatic heterocycles. The van der Waals surface area contributed by atoms with Gasteiger partial charge in [-0.25, -0.2) is 8.42 Å². The van der Waals surface area contributed by atoms with Gasteiger partial charge < -0.3 is 20.1 Å². The number of hydrogen-bond donors (Lipinski definition) is 2. The number of aromatic nitrogens is 1. The molecule has 0 aliphatic carbocycles. The SMILES string of the molecule is Cc1[nH]c(C=C2C(=O)Nc3ccc(S(=O)(=O)Cc4cccc(C(F)(F)F)c4)cc32)c(C)c1C(=O)N1CCN(C)CC1. The van der Waals surface area contributed by atoms with Crippen LogP contribution >= 0.6 is 0 Å². The van der Waals surface area contributed by atoms with E-state index in [-0.39, 0.29) is 21.9 Å². The average molecular weight is 587 g/mol. The molecule has 3 heterocycles. The molecule has 3 aromatic rings. The zero-order valence-electron chi connectivity index (χ0n) is 22.7. The number of piperazine rings is 1. The highest BCUT2D eigenvalue weighted by molar-refractivity contribution is 7.90. The van der Waals surface area contributed by atoms with Gasteiger partial charge in [-0.2, -0.15) is 13.2 Å². The van der Waals surface area contributed by atoms with Gasteiger partial charge in [-0.1, -0.05) is 18.2 Å². The maximum Gasteiger partial charge on any atom is 0.416 e. The van der Waals surface area contributed by atoms with E-state index in [1.165, 1.54) is 30.3 Å². The molecule has 2 amide bonds. The van der Waals surface area contributed by atoms with Gasteiger partial charge in [-0.15, -0.1) is 0 Å². The van der Waals surface area contributed by atoms with Gasteiger partial charge in [0.05, 0.1) is 27.3 Å². The summed E-state index contributed by atoms with van der Waals surface area (Å²) < 4.78 is 65.8. The minimum absolute atomic E-state index is 0.000299. The number of nitrogens with zero attached hydrogens (tertiary/aromatic N) is 2. The number of likely N-dealkylation sites (N-methyl/N-ethyl adjacent to an activating group) is 1. The second-order valence-corrected chi connectivity index (χ2v) is 12.4. The van der Waals surface area contributed by atoms with E-state index >= 15 is 0 Å². The lowest BCUT2D eigenvalue weighted by atomic mass is 10.0. The van der Waals surface area contributed by atoms with Crippen molar-refractivity contribution in [3.8, 4) is 0 Å². The molecule has 216 valence electrons. The highest BCUT2D eigenvalue weighted by Crippen LogP contribution is 2.37. The molecule has 2 aromatic carbocycles. The molecule has 2 aliphatic rings. The Morgan fingerprint density at radius 3 is 2.44 bits per heavy atom. The Morgan fingerprint density at radius 1 is 1.05 bits per heavy atom. The summed E-state index contributed by atoms with van der Waals surface area (Å²) in [6, 6.07) is 8.33. The molecule has 0 spiro atoms. The number of carbonyl (C=O) groups excluding carboxylic acids is 2. The third kappa shape index (κ3) is 5.66. The minimum Gasteiger partial charge on any atom is -0.358 e. The van der Waals surface area contributed by atoms with Crippen LogP contribution in [0.5, 0.6) is 0 Å². The van der Waals surface area contributed by atoms with E-state index in [4.69, 9.17) is 0 Å². The second-order valence-electron chi connectivity index (χ2n) is 10.4. The van der Waals surface area contributed by atoms with Crippen molar-refractivity contribution in [2.24, 2.45) is 0 Å². The summed E-state index contributed by atoms with van der Waals surface area (Å²) in [5, 5.41) is 2.72. The highest BCUT2D eigenvalue weighted by atomic mass is 32.2. The van der Waals surface area contributed by atoms with Crippen LogP contribution in [0.3, 0.4) is 0 Å². The van der Waals surface area contributed by atoms with Gasteiger partial charge in [-0.3, -0.25) is 9.59 Å². The number of halogens is 3. The lowest BCUT2D eigenvalue weighted by Crippen LogP contribution is -2.47. The van der Waals surface area contributed by atoms with Crippen LogP contribution in [-0.4, -0.2) is 68.2 Å². The number of rotatable bonds is 5. The lowest BCUT2D eigenvalue weighted by Gasteiger charge is -2.32. The van der Waals surface area contributed by atoms with E-state index in [2.05, 4.69) is 15.2 Å². The third-order valence-electron chi connectivity index (χ3n) is 7.51. The van der Waals surface area contributed by atoms with E-state index in [1.54, 1.807) is 24.8 Å². The van der Waals surface area contributed by atoms with Crippen molar-refractivity contribution in [2.75, 3.05) is 38.5 Å². The quantitative estimate of drug-likeness (QED) is 0.429. The Bertz CT molecular complexity index is 1680. The van der Waals surface area contributed by atoms with E-state index in [1.807, 2.05) is 7.05 Å². The van der Waals surface area contributed by atoms with Crippen molar-refractivity contribution in [1.29, 1.82) is 0 Å². The van der Waals surface area contributed by atoms with Crippen LogP contribution in [-0.2, 0) is 26.6 Å². The maximum atomic E-state index is 13.3. The Balaban J connectivity index is 1.46. The number of anilines is 1. The smallest absolute Gasteiger partial charge is 0.358 e. The number of benzene rings is 2. The molecular formula is C29H29F3N4O4S. The number of aromatic amines is 1. The fourth-order valence-electron chi connectivity index (χ4n) is 5.20. The largest absolute Gasteiger partial charge is 0.416 e. The molecule has 12 heteroatoms. The molecule has 8 nitrogen and oxygen atoms in total. The summed E-state index contributed by atoms with van der Waals surface area (Å²) in [6.45, 7) is 6.37. The van der Waals surface area contributed by atoms with Crippen molar-refractivity contribution in [2.45, 2.75) is 30.7 Å². The molecular weight excluding hydrogens is 557 g/mol. The standard InChI is InChI=1S/C29H29F3N4O4S/c1-17-25(33-18(2)26(17)28(38)36-11-9-35(3)10-12-36)15-23-22-14-21(7-8-24(22)34-27(23)37)41(39,40)16-19-5-4-6-20(13-19)29(30,31)32/h4-8,13-15,33H,9-12,16H2,1-3H3,(H,34,37). The molecule has 1 fully saturated rings. The van der Waals surface area contributed by atoms with Crippen LogP contribution < -0.4 is 5.32 Å². The predicted molar refractivity (Wildman–Crippen MR) is 149 cm³/mol. The van der Waals surface area contributed by atoms with E-state index in [9.17, 15) is 31.2 Å². The van der Waals surface area contributed by atoms with Gasteiger partial charge in [0.2, 0.25) is 0 Å². The van der Waals surface area contributed by atoms with Crippen LogP contribution in [0.25, 0.3) is 11.6 Å². The first kappa shape index (κ1) is 28.6. The van der Waals surface area contributed by atoms with Gasteiger partial charge in [0.15, 0.2) is 9.84 Å². The topological polar surface area (TPSA) is 103 Å². The minimum atomic E-state index is -4.59. The van der Waals surface area contributed by atoms with Crippen LogP contribution in [0.1, 0.15) is 44.0 Å². The molecule has 2 aliphatic heterocycles. The zero-order valence-corrected chi connectivity index (χ0v) is 23.5. The number of sulfone groups is 1. The first-order valence-electron chi connectivity index (χ1n) is 13.0. The van der Waals surface area contributed by atoms with E-state index < -0.39 is 33.2 Å². The predicted octanol–water partition coefficient (Wildman–Crippen LogP) is 4.50. The number of hydrogen-bond acceptors (Lipinski definition) is 5. The van der Waals surface area contributed by atoms with Crippen LogP contribution in [0, 0.1) is 13.8 Å². The lowest BCUT2D eigenvalue weighted by molar-refractivity contribution is -0.137. The Morgan fingerprint density at radius 2 is 1.76 bits per heavy atom. The molecule has 0 unspecified atom stereocenters. The zero-order chi connectivity index (χ0) is 29.7. The van der Waals surface area contributed by atoms with Gasteiger partial charge in [-0.05, 0) is 62.4 Å². The van der Waals surface area contributed by atoms with Crippen LogP contribution in [0.2, 0.25) is 0 Å². The summed E-state index contributed by atoms with van der Waals surface area (Å²) in [7, 11) is -2.04. The van der Waals surface area contributed by atoms with Gasteiger partial charge in [0.25, 0.3) is 11.8 Å². The maximum absolute atomic E-state index is 13.3. The van der Waals surface area contributed by atoms with Crippen molar-refractivity contribution in [3.63, 3.8) is 0 Å². The Kier molecular flexibility index (Phi) is 7.33. The molecule has 2 N–H and O–H groups in total. The van der Waals surface area contributed by atoms with Gasteiger partial charge in [0.1, 0.15) is 0 Å². The fraction of sp³-hybridized carbons (Fsp3) is 0.310. The molecule has 0 bridgehead atoms. The molecule has 0 saturated carbocycles. The monoisotopic (exact) mass is 586 g/mol. The third-order valence-corrected chi connectivity index (χ3v) is 9.20. The molecule has 0 radical (unpaired) electrons. The summed E-state index contributed by atoms with van der Waals surface area (Å²) in [4.78, 5) is 33.2. The Labute approximate surface area is 235 Å². The first-order chi connectivity index (χ1) is 19.2. The van der Waals surface area contributed by atoms with Gasteiger partial charge in [0, 0.05) is 48.8 Å². The normalized spacial score (nSPS) is 17.2. The number of fused-ring (bicyclic) bond motifs is 1. The summed E-state index contributed by atoms with van der Waals surface area (Å²) in [6.07, 6.45) is -3.00. The summed E-state index contributed by atoms with van der Waals surface area (Å²) >= 11 is 0. The molecule has 1 saturated heterocycles. The molecule has 41 heavy (non-hydrogen) atoms. The average Bonchev–Trinajstić information content (AvgIpc) is 3.37. The highest BCUT2D eigenvalue weighted by Gasteiger charge is 2.32. The van der Waals surface area contributed by atoms with Crippen molar-refractivity contribution in [1.82, 2.24) is 14.8 Å². The number of aryl methyl sites for hydroxylation is 1. The second kappa shape index (κ2) is 10.5. The van der Waals surface area contributed by atoms with Crippen molar-refractivity contribution < 1.29 is 31.2 Å². The van der Waals surface area contributed by atoms with E-state index in [0.717, 1.165) is 25.2 Å². The first-order valence-corrected chi connectivity index (χ1v) is 14.6. The number of carbonyl (C=O) groups is 2. The van der Waals surface area contributed by atoms with Crippen LogP contribution in [0.15, 0.2) is 47.4 Å². The molecule has 0 atom stereocenters. The van der Waals surface area contributed by atoms with Crippen LogP contribution in [0.4, 0.5) is 18.9 Å². The number of nitrogens with one attached hydrogen (secondary N) is 2. The molecule has 5 rings (SSSR count). The number of H-pyrrole nitrogens is 1. The van der Waals surface area contributed by atoms with E-state index in [0.29, 0.717) is 46.9 Å². The summed E-state index contributed by atoms with van der Waals surface area (Å²) in [5.41, 5.74) is 2.46. The van der Waals surface area contributed by atoms with Crippen molar-refractivity contribution in [3.05, 3.63) is 81.7 Å².